The summed E-state index contributed by atoms with van der Waals surface area (Å²) in [5.74, 6) is 0.208. The molecule has 0 amide bonds. The van der Waals surface area contributed by atoms with Crippen LogP contribution in [0.3, 0.4) is 0 Å². The summed E-state index contributed by atoms with van der Waals surface area (Å²) in [6.45, 7) is 0. The predicted octanol–water partition coefficient (Wildman–Crippen LogP) is 3.52. The van der Waals surface area contributed by atoms with Crippen LogP contribution in [0.5, 0.6) is 5.75 Å². The van der Waals surface area contributed by atoms with Crippen molar-refractivity contribution in [2.24, 2.45) is 0 Å². The highest BCUT2D eigenvalue weighted by molar-refractivity contribution is 5.78. The molecule has 0 aliphatic rings. The van der Waals surface area contributed by atoms with E-state index in [9.17, 15) is 5.11 Å². The number of hydrogen-bond donors (Lipinski definition) is 1. The van der Waals surface area contributed by atoms with Gasteiger partial charge in [0.15, 0.2) is 0 Å². The van der Waals surface area contributed by atoms with Gasteiger partial charge < -0.3 is 5.11 Å². The average molecular weight is 248 g/mol. The molecule has 3 aromatic rings. The Kier molecular flexibility index (Phi) is 2.94. The molecule has 0 aliphatic carbocycles. The fraction of sp³-hybridized carbons (Fsp3) is 0. The van der Waals surface area contributed by atoms with Gasteiger partial charge in [0.2, 0.25) is 0 Å². The maximum atomic E-state index is 10.4. The Balaban J connectivity index is 2.15. The van der Waals surface area contributed by atoms with Crippen molar-refractivity contribution >= 4 is 0 Å². The van der Waals surface area contributed by atoms with Crippen molar-refractivity contribution in [2.45, 2.75) is 0 Å². The van der Waals surface area contributed by atoms with Gasteiger partial charge in [0.1, 0.15) is 5.75 Å². The fourth-order valence-electron chi connectivity index (χ4n) is 2.00. The van der Waals surface area contributed by atoms with Gasteiger partial charge in [-0.1, -0.05) is 18.2 Å². The zero-order chi connectivity index (χ0) is 13.1. The monoisotopic (exact) mass is 248 g/mol. The van der Waals surface area contributed by atoms with Gasteiger partial charge in [0.25, 0.3) is 0 Å². The maximum Gasteiger partial charge on any atom is 0.134 e. The minimum absolute atomic E-state index is 0.208. The summed E-state index contributed by atoms with van der Waals surface area (Å²) in [5.41, 5.74) is 2.92. The molecule has 3 heteroatoms. The summed E-state index contributed by atoms with van der Waals surface area (Å²) in [7, 11) is 0. The van der Waals surface area contributed by atoms with Crippen molar-refractivity contribution < 1.29 is 5.11 Å². The van der Waals surface area contributed by atoms with Crippen LogP contribution in [0.4, 0.5) is 0 Å². The molecule has 0 radical (unpaired) electrons. The fourth-order valence-corrected chi connectivity index (χ4v) is 2.00. The molecule has 1 N–H and O–H groups in total. The molecule has 0 atom stereocenters. The van der Waals surface area contributed by atoms with Gasteiger partial charge in [-0.2, -0.15) is 0 Å². The number of para-hydroxylation sites is 1. The number of aromatic nitrogens is 2. The molecule has 0 saturated carbocycles. The number of rotatable bonds is 2. The molecule has 1 aromatic carbocycles. The minimum Gasteiger partial charge on any atom is -0.507 e. The first-order valence-corrected chi connectivity index (χ1v) is 6.01. The second-order valence-electron chi connectivity index (χ2n) is 4.13. The largest absolute Gasteiger partial charge is 0.507 e. The van der Waals surface area contributed by atoms with E-state index >= 15 is 0 Å². The summed E-state index contributed by atoms with van der Waals surface area (Å²) in [6.07, 6.45) is 3.42. The number of aromatic hydroxyl groups is 1. The van der Waals surface area contributed by atoms with E-state index in [1.807, 2.05) is 54.6 Å². The third kappa shape index (κ3) is 2.18. The highest BCUT2D eigenvalue weighted by Gasteiger charge is 2.11. The Morgan fingerprint density at radius 3 is 1.58 bits per heavy atom. The maximum absolute atomic E-state index is 10.4. The van der Waals surface area contributed by atoms with Gasteiger partial charge >= 0.3 is 0 Å². The van der Waals surface area contributed by atoms with E-state index in [4.69, 9.17) is 0 Å². The summed E-state index contributed by atoms with van der Waals surface area (Å²) in [6, 6.07) is 16.8. The molecule has 0 spiro atoms. The van der Waals surface area contributed by atoms with Crippen LogP contribution in [0, 0.1) is 0 Å². The zero-order valence-electron chi connectivity index (χ0n) is 10.2. The Morgan fingerprint density at radius 2 is 1.16 bits per heavy atom. The van der Waals surface area contributed by atoms with Crippen LogP contribution in [0.25, 0.3) is 22.5 Å². The van der Waals surface area contributed by atoms with Gasteiger partial charge in [0, 0.05) is 23.5 Å². The third-order valence-electron chi connectivity index (χ3n) is 2.92. The summed E-state index contributed by atoms with van der Waals surface area (Å²) >= 11 is 0. The highest BCUT2D eigenvalue weighted by atomic mass is 16.3. The number of phenols is 1. The average Bonchev–Trinajstić information content (AvgIpc) is 2.49. The van der Waals surface area contributed by atoms with E-state index in [0.717, 1.165) is 11.4 Å². The second kappa shape index (κ2) is 4.90. The molecule has 0 unspecified atom stereocenters. The highest BCUT2D eigenvalue weighted by Crippen LogP contribution is 2.35. The number of benzene rings is 1. The number of phenolic OH excluding ortho intramolecular Hbond substituents is 1. The summed E-state index contributed by atoms with van der Waals surface area (Å²) < 4.78 is 0. The Morgan fingerprint density at radius 1 is 0.632 bits per heavy atom. The van der Waals surface area contributed by atoms with Crippen LogP contribution in [-0.2, 0) is 0 Å². The van der Waals surface area contributed by atoms with Gasteiger partial charge in [-0.05, 0) is 36.4 Å². The molecule has 92 valence electrons. The van der Waals surface area contributed by atoms with E-state index in [-0.39, 0.29) is 5.75 Å². The standard InChI is InChI=1S/C16H12N2O/c19-16-12(14-8-1-3-10-17-14)6-5-7-13(16)15-9-2-4-11-18-15/h1-11,19H. The van der Waals surface area contributed by atoms with Gasteiger partial charge in [-0.15, -0.1) is 0 Å². The van der Waals surface area contributed by atoms with E-state index < -0.39 is 0 Å². The van der Waals surface area contributed by atoms with Crippen molar-refractivity contribution in [1.29, 1.82) is 0 Å². The molecule has 0 fully saturated rings. The van der Waals surface area contributed by atoms with Crippen LogP contribution < -0.4 is 0 Å². The molecule has 2 aromatic heterocycles. The first-order valence-electron chi connectivity index (χ1n) is 6.01. The molecule has 3 nitrogen and oxygen atoms in total. The number of nitrogens with zero attached hydrogens (tertiary/aromatic N) is 2. The van der Waals surface area contributed by atoms with Crippen LogP contribution in [0.2, 0.25) is 0 Å². The quantitative estimate of drug-likeness (QED) is 0.754. The number of hydrogen-bond acceptors (Lipinski definition) is 3. The minimum atomic E-state index is 0.208. The molecular weight excluding hydrogens is 236 g/mol. The van der Waals surface area contributed by atoms with Crippen LogP contribution in [0.1, 0.15) is 0 Å². The topological polar surface area (TPSA) is 46.0 Å². The van der Waals surface area contributed by atoms with E-state index in [1.165, 1.54) is 0 Å². The van der Waals surface area contributed by atoms with Gasteiger partial charge in [-0.3, -0.25) is 9.97 Å². The molecule has 19 heavy (non-hydrogen) atoms. The molecule has 0 saturated heterocycles. The smallest absolute Gasteiger partial charge is 0.134 e. The lowest BCUT2D eigenvalue weighted by molar-refractivity contribution is 0.479. The lowest BCUT2D eigenvalue weighted by Crippen LogP contribution is -1.87. The van der Waals surface area contributed by atoms with Crippen LogP contribution in [-0.4, -0.2) is 15.1 Å². The first-order chi connectivity index (χ1) is 9.36. The van der Waals surface area contributed by atoms with Crippen molar-refractivity contribution in [2.75, 3.05) is 0 Å². The third-order valence-corrected chi connectivity index (χ3v) is 2.92. The molecule has 3 rings (SSSR count). The van der Waals surface area contributed by atoms with E-state index in [0.29, 0.717) is 11.1 Å². The van der Waals surface area contributed by atoms with Crippen molar-refractivity contribution in [3.63, 3.8) is 0 Å². The molecule has 0 bridgehead atoms. The van der Waals surface area contributed by atoms with E-state index in [1.54, 1.807) is 12.4 Å². The van der Waals surface area contributed by atoms with Crippen molar-refractivity contribution in [1.82, 2.24) is 9.97 Å². The normalized spacial score (nSPS) is 10.3. The van der Waals surface area contributed by atoms with Crippen molar-refractivity contribution in [3.05, 3.63) is 67.0 Å². The molecule has 0 aliphatic heterocycles. The van der Waals surface area contributed by atoms with E-state index in [2.05, 4.69) is 9.97 Å². The first kappa shape index (κ1) is 11.4. The SMILES string of the molecule is Oc1c(-c2ccccn2)cccc1-c1ccccn1. The summed E-state index contributed by atoms with van der Waals surface area (Å²) in [4.78, 5) is 8.53. The predicted molar refractivity (Wildman–Crippen MR) is 74.6 cm³/mol. The Hall–Kier alpha value is -2.68. The molecular formula is C16H12N2O. The van der Waals surface area contributed by atoms with Gasteiger partial charge in [0.05, 0.1) is 11.4 Å². The second-order valence-corrected chi connectivity index (χ2v) is 4.13. The lowest BCUT2D eigenvalue weighted by atomic mass is 10.0. The molecule has 2 heterocycles. The Bertz CT molecular complexity index is 624. The van der Waals surface area contributed by atoms with Crippen LogP contribution in [0.15, 0.2) is 67.0 Å². The Labute approximate surface area is 111 Å². The number of pyridine rings is 2. The lowest BCUT2D eigenvalue weighted by Gasteiger charge is -2.08. The van der Waals surface area contributed by atoms with Gasteiger partial charge in [-0.25, -0.2) is 0 Å². The van der Waals surface area contributed by atoms with Crippen LogP contribution >= 0.6 is 0 Å². The zero-order valence-corrected chi connectivity index (χ0v) is 10.2. The van der Waals surface area contributed by atoms with Crippen molar-refractivity contribution in [3.8, 4) is 28.3 Å². The summed E-state index contributed by atoms with van der Waals surface area (Å²) in [5, 5.41) is 10.4.